The van der Waals surface area contributed by atoms with Crippen molar-refractivity contribution in [3.05, 3.63) is 29.3 Å². The average Bonchev–Trinajstić information content (AvgIpc) is 2.55. The Morgan fingerprint density at radius 2 is 1.61 bits per heavy atom. The summed E-state index contributed by atoms with van der Waals surface area (Å²) >= 11 is 0. The van der Waals surface area contributed by atoms with Crippen molar-refractivity contribution in [1.82, 2.24) is 9.21 Å². The molecule has 0 radical (unpaired) electrons. The molecule has 0 atom stereocenters. The summed E-state index contributed by atoms with van der Waals surface area (Å²) < 4.78 is 27.5. The topological polar surface area (TPSA) is 40.6 Å². The number of piperidine rings is 2. The fourth-order valence-electron chi connectivity index (χ4n) is 3.96. The lowest BCUT2D eigenvalue weighted by molar-refractivity contribution is 0.118. The van der Waals surface area contributed by atoms with Gasteiger partial charge in [0, 0.05) is 19.1 Å². The van der Waals surface area contributed by atoms with E-state index in [1.54, 1.807) is 10.4 Å². The van der Waals surface area contributed by atoms with Crippen LogP contribution in [0.2, 0.25) is 0 Å². The maximum Gasteiger partial charge on any atom is 0.243 e. The standard InChI is InChI=1S/C18H28N2O2S/c1-15-6-7-18(16(2)14-15)23(21,22)20-12-8-17(9-13-20)19-10-4-3-5-11-19/h6-7,14,17H,3-5,8-13H2,1-2H3. The van der Waals surface area contributed by atoms with Gasteiger partial charge in [0.05, 0.1) is 4.90 Å². The monoisotopic (exact) mass is 336 g/mol. The minimum atomic E-state index is -3.35. The van der Waals surface area contributed by atoms with E-state index in [1.165, 1.54) is 32.4 Å². The zero-order chi connectivity index (χ0) is 16.4. The second-order valence-corrected chi connectivity index (χ2v) is 8.91. The highest BCUT2D eigenvalue weighted by atomic mass is 32.2. The summed E-state index contributed by atoms with van der Waals surface area (Å²) in [6.07, 6.45) is 5.85. The largest absolute Gasteiger partial charge is 0.300 e. The summed E-state index contributed by atoms with van der Waals surface area (Å²) in [6.45, 7) is 7.56. The maximum atomic E-state index is 12.9. The molecule has 0 amide bonds. The first-order valence-electron chi connectivity index (χ1n) is 8.80. The number of nitrogens with zero attached hydrogens (tertiary/aromatic N) is 2. The number of rotatable bonds is 3. The molecule has 0 spiro atoms. The average molecular weight is 337 g/mol. The van der Waals surface area contributed by atoms with Crippen molar-refractivity contribution < 1.29 is 8.42 Å². The van der Waals surface area contributed by atoms with Gasteiger partial charge in [-0.05, 0) is 64.3 Å². The molecule has 2 heterocycles. The number of likely N-dealkylation sites (tertiary alicyclic amines) is 1. The van der Waals surface area contributed by atoms with Crippen LogP contribution in [0.1, 0.15) is 43.2 Å². The molecule has 0 saturated carbocycles. The molecule has 4 nitrogen and oxygen atoms in total. The lowest BCUT2D eigenvalue weighted by atomic mass is 10.0. The van der Waals surface area contributed by atoms with Crippen LogP contribution in [-0.4, -0.2) is 49.8 Å². The van der Waals surface area contributed by atoms with E-state index < -0.39 is 10.0 Å². The molecule has 2 aliphatic heterocycles. The first kappa shape index (κ1) is 16.9. The predicted octanol–water partition coefficient (Wildman–Crippen LogP) is 2.94. The Kier molecular flexibility index (Phi) is 5.09. The number of sulfonamides is 1. The minimum Gasteiger partial charge on any atom is -0.300 e. The van der Waals surface area contributed by atoms with Gasteiger partial charge in [-0.1, -0.05) is 24.1 Å². The Balaban J connectivity index is 1.68. The van der Waals surface area contributed by atoms with Crippen LogP contribution >= 0.6 is 0 Å². The van der Waals surface area contributed by atoms with Crippen LogP contribution in [0.5, 0.6) is 0 Å². The van der Waals surface area contributed by atoms with Gasteiger partial charge in [-0.3, -0.25) is 0 Å². The molecule has 1 aromatic carbocycles. The van der Waals surface area contributed by atoms with E-state index in [-0.39, 0.29) is 0 Å². The highest BCUT2D eigenvalue weighted by molar-refractivity contribution is 7.89. The summed E-state index contributed by atoms with van der Waals surface area (Å²) in [6, 6.07) is 6.17. The van der Waals surface area contributed by atoms with Crippen molar-refractivity contribution in [3.63, 3.8) is 0 Å². The Morgan fingerprint density at radius 1 is 0.957 bits per heavy atom. The summed E-state index contributed by atoms with van der Waals surface area (Å²) in [5, 5.41) is 0. The van der Waals surface area contributed by atoms with Crippen LogP contribution in [0.3, 0.4) is 0 Å². The van der Waals surface area contributed by atoms with Gasteiger partial charge in [0.25, 0.3) is 0 Å². The van der Waals surface area contributed by atoms with Crippen molar-refractivity contribution in [1.29, 1.82) is 0 Å². The molecule has 1 aromatic rings. The third kappa shape index (κ3) is 3.62. The first-order chi connectivity index (χ1) is 11.0. The SMILES string of the molecule is Cc1ccc(S(=O)(=O)N2CCC(N3CCCCC3)CC2)c(C)c1. The van der Waals surface area contributed by atoms with Crippen molar-refractivity contribution in [2.24, 2.45) is 0 Å². The molecule has 2 aliphatic rings. The molecule has 5 heteroatoms. The second kappa shape index (κ2) is 6.91. The molecule has 128 valence electrons. The first-order valence-corrected chi connectivity index (χ1v) is 10.2. The van der Waals surface area contributed by atoms with Gasteiger partial charge < -0.3 is 4.90 Å². The van der Waals surface area contributed by atoms with E-state index in [9.17, 15) is 8.42 Å². The molecule has 0 aliphatic carbocycles. The highest BCUT2D eigenvalue weighted by Gasteiger charge is 2.32. The Hall–Kier alpha value is -0.910. The fourth-order valence-corrected chi connectivity index (χ4v) is 5.63. The fraction of sp³-hybridized carbons (Fsp3) is 0.667. The van der Waals surface area contributed by atoms with Crippen LogP contribution in [0.25, 0.3) is 0 Å². The van der Waals surface area contributed by atoms with Crippen LogP contribution in [-0.2, 0) is 10.0 Å². The lowest BCUT2D eigenvalue weighted by Gasteiger charge is -2.39. The third-order valence-corrected chi connectivity index (χ3v) is 7.34. The van der Waals surface area contributed by atoms with Crippen molar-refractivity contribution >= 4 is 10.0 Å². The lowest BCUT2D eigenvalue weighted by Crippen LogP contribution is -2.48. The number of hydrogen-bond donors (Lipinski definition) is 0. The van der Waals surface area contributed by atoms with Crippen LogP contribution < -0.4 is 0 Å². The normalized spacial score (nSPS) is 22.3. The molecule has 0 N–H and O–H groups in total. The molecular weight excluding hydrogens is 308 g/mol. The molecule has 0 unspecified atom stereocenters. The summed E-state index contributed by atoms with van der Waals surface area (Å²) in [5.74, 6) is 0. The van der Waals surface area contributed by atoms with E-state index in [0.29, 0.717) is 24.0 Å². The van der Waals surface area contributed by atoms with E-state index in [2.05, 4.69) is 4.90 Å². The second-order valence-electron chi connectivity index (χ2n) is 7.00. The summed E-state index contributed by atoms with van der Waals surface area (Å²) in [4.78, 5) is 3.05. The van der Waals surface area contributed by atoms with E-state index in [0.717, 1.165) is 24.0 Å². The van der Waals surface area contributed by atoms with Gasteiger partial charge in [0.2, 0.25) is 10.0 Å². The Morgan fingerprint density at radius 3 is 2.22 bits per heavy atom. The number of benzene rings is 1. The zero-order valence-corrected chi connectivity index (χ0v) is 15.1. The molecule has 0 aromatic heterocycles. The molecular formula is C18H28N2O2S. The maximum absolute atomic E-state index is 12.9. The molecule has 2 saturated heterocycles. The van der Waals surface area contributed by atoms with Crippen LogP contribution in [0.15, 0.2) is 23.1 Å². The predicted molar refractivity (Wildman–Crippen MR) is 93.1 cm³/mol. The highest BCUT2D eigenvalue weighted by Crippen LogP contribution is 2.26. The number of hydrogen-bond acceptors (Lipinski definition) is 3. The van der Waals surface area contributed by atoms with E-state index in [1.807, 2.05) is 26.0 Å². The van der Waals surface area contributed by atoms with Crippen LogP contribution in [0.4, 0.5) is 0 Å². The minimum absolute atomic E-state index is 0.472. The van der Waals surface area contributed by atoms with E-state index >= 15 is 0 Å². The van der Waals surface area contributed by atoms with Gasteiger partial charge in [-0.25, -0.2) is 8.42 Å². The van der Waals surface area contributed by atoms with Crippen molar-refractivity contribution in [2.45, 2.75) is 56.9 Å². The quantitative estimate of drug-likeness (QED) is 0.852. The molecule has 3 rings (SSSR count). The summed E-state index contributed by atoms with van der Waals surface area (Å²) in [7, 11) is -3.35. The van der Waals surface area contributed by atoms with Gasteiger partial charge in [-0.2, -0.15) is 4.31 Å². The van der Waals surface area contributed by atoms with Gasteiger partial charge >= 0.3 is 0 Å². The number of aryl methyl sites for hydroxylation is 2. The molecule has 23 heavy (non-hydrogen) atoms. The zero-order valence-electron chi connectivity index (χ0n) is 14.3. The van der Waals surface area contributed by atoms with E-state index in [4.69, 9.17) is 0 Å². The molecule has 0 bridgehead atoms. The van der Waals surface area contributed by atoms with Crippen LogP contribution in [0, 0.1) is 13.8 Å². The van der Waals surface area contributed by atoms with Crippen molar-refractivity contribution in [2.75, 3.05) is 26.2 Å². The Bertz CT molecular complexity index is 643. The van der Waals surface area contributed by atoms with Gasteiger partial charge in [-0.15, -0.1) is 0 Å². The van der Waals surface area contributed by atoms with Gasteiger partial charge in [0.15, 0.2) is 0 Å². The van der Waals surface area contributed by atoms with Crippen molar-refractivity contribution in [3.8, 4) is 0 Å². The summed E-state index contributed by atoms with van der Waals surface area (Å²) in [5.41, 5.74) is 1.95. The third-order valence-electron chi connectivity index (χ3n) is 5.28. The molecule has 2 fully saturated rings. The smallest absolute Gasteiger partial charge is 0.243 e. The Labute approximate surface area is 140 Å². The van der Waals surface area contributed by atoms with Gasteiger partial charge in [0.1, 0.15) is 0 Å².